The Hall–Kier alpha value is -9.41. The molecule has 70 heavy (non-hydrogen) atoms. The predicted molar refractivity (Wildman–Crippen MR) is 276 cm³/mol. The zero-order valence-corrected chi connectivity index (χ0v) is 37.8. The lowest BCUT2D eigenvalue weighted by atomic mass is 9.65. The third-order valence-corrected chi connectivity index (χ3v) is 15.6. The number of nitrogens with zero attached hydrogens (tertiary/aromatic N) is 7. The van der Waals surface area contributed by atoms with E-state index in [-0.39, 0.29) is 0 Å². The van der Waals surface area contributed by atoms with Crippen molar-refractivity contribution in [2.24, 2.45) is 0 Å². The molecule has 12 aromatic rings. The molecule has 8 aromatic carbocycles. The minimum atomic E-state index is -0.996. The fourth-order valence-corrected chi connectivity index (χ4v) is 12.8. The summed E-state index contributed by atoms with van der Waals surface area (Å²) in [7, 11) is 0. The van der Waals surface area contributed by atoms with E-state index >= 15 is 0 Å². The van der Waals surface area contributed by atoms with Gasteiger partial charge in [-0.1, -0.05) is 90.6 Å². The normalized spacial score (nSPS) is 14.9. The van der Waals surface area contributed by atoms with Gasteiger partial charge < -0.3 is 18.8 Å². The van der Waals surface area contributed by atoms with Crippen LogP contribution in [-0.2, 0) is 5.41 Å². The maximum Gasteiger partial charge on any atom is 0.134 e. The fourth-order valence-electron chi connectivity index (χ4n) is 11.7. The second-order valence-electron chi connectivity index (χ2n) is 17.9. The van der Waals surface area contributed by atoms with Gasteiger partial charge >= 0.3 is 0 Å². The summed E-state index contributed by atoms with van der Waals surface area (Å²) in [6.07, 6.45) is 3.83. The van der Waals surface area contributed by atoms with E-state index in [1.807, 2.05) is 67.0 Å². The predicted octanol–water partition coefficient (Wildman–Crippen LogP) is 14.8. The number of nitriles is 2. The first kappa shape index (κ1) is 38.7. The minimum absolute atomic E-state index is 0.609. The number of aromatic nitrogens is 4. The van der Waals surface area contributed by atoms with Crippen molar-refractivity contribution in [2.75, 3.05) is 4.90 Å². The van der Waals surface area contributed by atoms with Gasteiger partial charge in [0.1, 0.15) is 11.5 Å². The maximum atomic E-state index is 9.99. The second kappa shape index (κ2) is 14.3. The number of benzene rings is 8. The largest absolute Gasteiger partial charge is 0.457 e. The SMILES string of the molecule is N#Cc1ccc2c(c1)c1ccccc1n2-c1ccc2c(c1)Oc1cccc(N3c4ccccc4Sc4ccccc43)c1C21c2cccnc2-c2ncc(-n3c4ccccc4c4cc(C#N)ccc43)cc21. The van der Waals surface area contributed by atoms with Gasteiger partial charge in [0.15, 0.2) is 0 Å². The van der Waals surface area contributed by atoms with Crippen LogP contribution < -0.4 is 9.64 Å². The fraction of sp³-hybridized carbons (Fsp3) is 0.0164. The molecule has 15 rings (SSSR count). The summed E-state index contributed by atoms with van der Waals surface area (Å²) in [6.45, 7) is 0. The number of pyridine rings is 2. The average molecular weight is 912 g/mol. The summed E-state index contributed by atoms with van der Waals surface area (Å²) in [5.74, 6) is 1.44. The summed E-state index contributed by atoms with van der Waals surface area (Å²) in [5.41, 5.74) is 14.8. The van der Waals surface area contributed by atoms with Crippen LogP contribution in [0.5, 0.6) is 11.5 Å². The van der Waals surface area contributed by atoms with Gasteiger partial charge in [0, 0.05) is 66.0 Å². The Kier molecular flexibility index (Phi) is 7.90. The lowest BCUT2D eigenvalue weighted by molar-refractivity contribution is 0.436. The molecule has 0 bridgehead atoms. The molecule has 1 spiro atoms. The standard InChI is InChI=1S/C61H33N7OS/c62-33-36-22-26-49-42(29-36)40-11-1-3-14-47(40)66(49)38-24-25-44-55(32-38)69-54-19-9-18-53(68-51-16-5-7-20-56(51)70-57-21-8-6-17-52(57)68)58(54)61(44)45-13-10-28-64-59(45)60-46(61)31-39(35-65-60)67-48-15-4-2-12-41(48)43-30-37(34-63)23-27-50(43)67/h1-32,35H. The van der Waals surface area contributed by atoms with Crippen molar-refractivity contribution in [2.45, 2.75) is 15.2 Å². The summed E-state index contributed by atoms with van der Waals surface area (Å²) >= 11 is 1.78. The van der Waals surface area contributed by atoms with Gasteiger partial charge in [-0.15, -0.1) is 0 Å². The van der Waals surface area contributed by atoms with Crippen molar-refractivity contribution < 1.29 is 4.74 Å². The van der Waals surface area contributed by atoms with E-state index in [1.54, 1.807) is 11.8 Å². The minimum Gasteiger partial charge on any atom is -0.457 e. The number of para-hydroxylation sites is 4. The van der Waals surface area contributed by atoms with E-state index in [0.717, 1.165) is 121 Å². The Morgan fingerprint density at radius 3 is 1.74 bits per heavy atom. The average Bonchev–Trinajstić information content (AvgIpc) is 4.03. The number of anilines is 3. The zero-order valence-electron chi connectivity index (χ0n) is 37.0. The molecule has 8 nitrogen and oxygen atoms in total. The van der Waals surface area contributed by atoms with Crippen molar-refractivity contribution in [3.05, 3.63) is 234 Å². The van der Waals surface area contributed by atoms with E-state index < -0.39 is 5.41 Å². The van der Waals surface area contributed by atoms with Crippen molar-refractivity contribution in [1.29, 1.82) is 10.5 Å². The molecule has 2 aliphatic heterocycles. The number of hydrogen-bond acceptors (Lipinski definition) is 7. The van der Waals surface area contributed by atoms with E-state index in [4.69, 9.17) is 14.7 Å². The van der Waals surface area contributed by atoms with E-state index in [0.29, 0.717) is 16.9 Å². The molecule has 0 fully saturated rings. The highest BCUT2D eigenvalue weighted by Crippen LogP contribution is 2.65. The van der Waals surface area contributed by atoms with Crippen LogP contribution in [0.4, 0.5) is 17.1 Å². The topological polar surface area (TPSA) is 95.7 Å². The zero-order chi connectivity index (χ0) is 46.2. The van der Waals surface area contributed by atoms with Gasteiger partial charge in [0.2, 0.25) is 0 Å². The van der Waals surface area contributed by atoms with Gasteiger partial charge in [-0.2, -0.15) is 10.5 Å². The highest BCUT2D eigenvalue weighted by Gasteiger charge is 2.55. The first-order valence-corrected chi connectivity index (χ1v) is 23.9. The van der Waals surface area contributed by atoms with Crippen LogP contribution in [0.15, 0.2) is 210 Å². The Bertz CT molecular complexity index is 4340. The lowest BCUT2D eigenvalue weighted by Crippen LogP contribution is -2.34. The van der Waals surface area contributed by atoms with Crippen LogP contribution in [0, 0.1) is 22.7 Å². The third-order valence-electron chi connectivity index (χ3n) is 14.5. The molecule has 1 atom stereocenters. The van der Waals surface area contributed by atoms with Crippen molar-refractivity contribution >= 4 is 72.4 Å². The maximum absolute atomic E-state index is 9.99. The first-order valence-electron chi connectivity index (χ1n) is 23.1. The Labute approximate surface area is 405 Å². The third kappa shape index (κ3) is 5.08. The molecule has 0 amide bonds. The quantitative estimate of drug-likeness (QED) is 0.174. The number of hydrogen-bond donors (Lipinski definition) is 0. The van der Waals surface area contributed by atoms with Gasteiger partial charge in [0.05, 0.1) is 91.1 Å². The van der Waals surface area contributed by atoms with Crippen molar-refractivity contribution in [3.8, 4) is 46.4 Å². The molecule has 4 aromatic heterocycles. The van der Waals surface area contributed by atoms with Crippen molar-refractivity contribution in [3.63, 3.8) is 0 Å². The van der Waals surface area contributed by atoms with Crippen LogP contribution >= 0.6 is 11.8 Å². The molecule has 0 saturated heterocycles. The highest BCUT2D eigenvalue weighted by atomic mass is 32.2. The Morgan fingerprint density at radius 1 is 0.457 bits per heavy atom. The van der Waals surface area contributed by atoms with Gasteiger partial charge in [-0.05, 0) is 109 Å². The molecule has 0 saturated carbocycles. The van der Waals surface area contributed by atoms with Crippen molar-refractivity contribution in [1.82, 2.24) is 19.1 Å². The molecule has 9 heteroatoms. The van der Waals surface area contributed by atoms with Crippen LogP contribution in [0.25, 0.3) is 66.4 Å². The van der Waals surface area contributed by atoms with E-state index in [2.05, 4.69) is 160 Å². The number of rotatable bonds is 3. The van der Waals surface area contributed by atoms with Crippen LogP contribution in [-0.4, -0.2) is 19.1 Å². The Morgan fingerprint density at radius 2 is 1.06 bits per heavy atom. The summed E-state index contributed by atoms with van der Waals surface area (Å²) in [6, 6.07) is 70.1. The van der Waals surface area contributed by atoms with Crippen LogP contribution in [0.2, 0.25) is 0 Å². The number of fused-ring (bicyclic) bond motifs is 17. The highest BCUT2D eigenvalue weighted by molar-refractivity contribution is 7.99. The van der Waals surface area contributed by atoms with Gasteiger partial charge in [-0.25, -0.2) is 0 Å². The van der Waals surface area contributed by atoms with Crippen LogP contribution in [0.3, 0.4) is 0 Å². The molecular formula is C61H33N7OS. The Balaban J connectivity index is 1.06. The molecule has 1 aliphatic carbocycles. The first-order chi connectivity index (χ1) is 34.6. The summed E-state index contributed by atoms with van der Waals surface area (Å²) in [5, 5.41) is 24.1. The van der Waals surface area contributed by atoms with Crippen LogP contribution in [0.1, 0.15) is 33.4 Å². The van der Waals surface area contributed by atoms with Gasteiger partial charge in [0.25, 0.3) is 0 Å². The molecule has 0 N–H and O–H groups in total. The molecule has 1 unspecified atom stereocenters. The van der Waals surface area contributed by atoms with Gasteiger partial charge in [-0.3, -0.25) is 9.97 Å². The monoisotopic (exact) mass is 911 g/mol. The van der Waals surface area contributed by atoms with E-state index in [9.17, 15) is 10.5 Å². The molecule has 6 heterocycles. The molecule has 324 valence electrons. The molecular weight excluding hydrogens is 879 g/mol. The smallest absolute Gasteiger partial charge is 0.134 e. The number of ether oxygens (including phenoxy) is 1. The molecule has 3 aliphatic rings. The lowest BCUT2D eigenvalue weighted by Gasteiger charge is -2.43. The van der Waals surface area contributed by atoms with E-state index in [1.165, 1.54) is 0 Å². The summed E-state index contributed by atoms with van der Waals surface area (Å²) in [4.78, 5) is 15.3. The second-order valence-corrected chi connectivity index (χ2v) is 19.0. The summed E-state index contributed by atoms with van der Waals surface area (Å²) < 4.78 is 11.9. The molecule has 0 radical (unpaired) electrons.